The van der Waals surface area contributed by atoms with Gasteiger partial charge in [0.05, 0.1) is 25.4 Å². The van der Waals surface area contributed by atoms with Gasteiger partial charge in [0.25, 0.3) is 11.8 Å². The molecule has 4 amide bonds. The molecule has 16 heteroatoms. The van der Waals surface area contributed by atoms with E-state index < -0.39 is 78.2 Å². The third kappa shape index (κ3) is 8.14. The van der Waals surface area contributed by atoms with Gasteiger partial charge in [-0.05, 0) is 36.1 Å². The summed E-state index contributed by atoms with van der Waals surface area (Å²) in [5.41, 5.74) is 0.461. The van der Waals surface area contributed by atoms with Crippen molar-refractivity contribution in [2.24, 2.45) is 11.8 Å². The average Bonchev–Trinajstić information content (AvgIpc) is 3.38. The molecule has 3 rings (SSSR count). The van der Waals surface area contributed by atoms with Gasteiger partial charge in [-0.2, -0.15) is 22.0 Å². The smallest absolute Gasteiger partial charge is 0.391 e. The number of Topliss-reactive ketones (excluding diaryl/α,β-unsaturated/α-hetero) is 1. The van der Waals surface area contributed by atoms with Crippen LogP contribution in [0.4, 0.5) is 22.0 Å². The lowest BCUT2D eigenvalue weighted by atomic mass is 9.95. The number of aliphatic hydroxyl groups excluding tert-OH is 1. The minimum absolute atomic E-state index is 0.117. The molecule has 0 aromatic heterocycles. The van der Waals surface area contributed by atoms with Crippen LogP contribution < -0.4 is 10.6 Å². The molecule has 3 N–H and O–H groups in total. The zero-order chi connectivity index (χ0) is 33.9. The standard InChI is InChI=1S/C29H37F5N4O7/c1-15(2)21(23(40)28(30,31)29(32,33)34)35-25(42)20-13-19(39)14-38(20)27(44)22(16(3)4)36-24(41)17-5-7-18(8-6-17)26(43)37-9-11-45-12-10-37/h5-8,15-16,19-22,39H,9-14H2,1-4H3,(H,35,42)(H,36,41)/t19-,20-,21?,22+/m1/s1. The molecule has 2 fully saturated rings. The number of halogens is 5. The first-order valence-electron chi connectivity index (χ1n) is 14.4. The lowest BCUT2D eigenvalue weighted by molar-refractivity contribution is -0.270. The highest BCUT2D eigenvalue weighted by Gasteiger charge is 2.65. The molecule has 250 valence electrons. The minimum atomic E-state index is -6.19. The van der Waals surface area contributed by atoms with E-state index in [0.717, 1.165) is 18.7 Å². The predicted octanol–water partition coefficient (Wildman–Crippen LogP) is 1.78. The van der Waals surface area contributed by atoms with Crippen LogP contribution in [0.15, 0.2) is 24.3 Å². The fourth-order valence-corrected chi connectivity index (χ4v) is 5.06. The number of nitrogens with one attached hydrogen (secondary N) is 2. The SMILES string of the molecule is CC(C)C(NC(=O)[C@H]1C[C@@H](O)CN1C(=O)[C@@H](NC(=O)c1ccc(C(=O)N2CCOCC2)cc1)C(C)C)C(=O)C(F)(F)C(F)(F)F. The summed E-state index contributed by atoms with van der Waals surface area (Å²) >= 11 is 0. The van der Waals surface area contributed by atoms with Crippen molar-refractivity contribution < 1.29 is 55.8 Å². The van der Waals surface area contributed by atoms with Crippen molar-refractivity contribution in [1.29, 1.82) is 0 Å². The summed E-state index contributed by atoms with van der Waals surface area (Å²) in [5.74, 6) is -13.0. The summed E-state index contributed by atoms with van der Waals surface area (Å²) in [4.78, 5) is 67.2. The maximum Gasteiger partial charge on any atom is 0.461 e. The van der Waals surface area contributed by atoms with Gasteiger partial charge < -0.3 is 30.3 Å². The number of hydrogen-bond donors (Lipinski definition) is 3. The number of benzene rings is 1. The zero-order valence-electron chi connectivity index (χ0n) is 25.2. The number of likely N-dealkylation sites (tertiary alicyclic amines) is 1. The lowest BCUT2D eigenvalue weighted by Gasteiger charge is -2.32. The number of ketones is 1. The molecule has 0 saturated carbocycles. The first-order chi connectivity index (χ1) is 20.9. The minimum Gasteiger partial charge on any atom is -0.391 e. The maximum absolute atomic E-state index is 13.8. The van der Waals surface area contributed by atoms with Crippen molar-refractivity contribution in [3.63, 3.8) is 0 Å². The zero-order valence-corrected chi connectivity index (χ0v) is 25.2. The van der Waals surface area contributed by atoms with Gasteiger partial charge in [-0.3, -0.25) is 24.0 Å². The molecule has 45 heavy (non-hydrogen) atoms. The van der Waals surface area contributed by atoms with Crippen LogP contribution in [0.25, 0.3) is 0 Å². The third-order valence-corrected chi connectivity index (χ3v) is 7.69. The number of carbonyl (C=O) groups is 5. The average molecular weight is 649 g/mol. The molecule has 2 heterocycles. The topological polar surface area (TPSA) is 145 Å². The van der Waals surface area contributed by atoms with Gasteiger partial charge in [0.2, 0.25) is 17.6 Å². The quantitative estimate of drug-likeness (QED) is 0.328. The Labute approximate surface area is 256 Å². The molecule has 0 spiro atoms. The molecule has 2 aliphatic rings. The molecule has 1 aromatic rings. The number of amides is 4. The fourth-order valence-electron chi connectivity index (χ4n) is 5.06. The number of morpholine rings is 1. The van der Waals surface area contributed by atoms with Gasteiger partial charge in [-0.1, -0.05) is 27.7 Å². The number of rotatable bonds is 10. The summed E-state index contributed by atoms with van der Waals surface area (Å²) in [5, 5.41) is 14.8. The van der Waals surface area contributed by atoms with Crippen molar-refractivity contribution >= 4 is 29.4 Å². The number of aliphatic hydroxyl groups is 1. The molecular formula is C29H37F5N4O7. The Bertz CT molecular complexity index is 1270. The highest BCUT2D eigenvalue weighted by atomic mass is 19.4. The maximum atomic E-state index is 13.8. The number of carbonyl (C=O) groups excluding carboxylic acids is 5. The van der Waals surface area contributed by atoms with Crippen molar-refractivity contribution in [1.82, 2.24) is 20.4 Å². The molecule has 1 aromatic carbocycles. The van der Waals surface area contributed by atoms with E-state index >= 15 is 0 Å². The van der Waals surface area contributed by atoms with Gasteiger partial charge in [0, 0.05) is 37.2 Å². The largest absolute Gasteiger partial charge is 0.461 e. The van der Waals surface area contributed by atoms with Crippen LogP contribution in [0.2, 0.25) is 0 Å². The van der Waals surface area contributed by atoms with E-state index in [9.17, 15) is 51.0 Å². The van der Waals surface area contributed by atoms with E-state index in [1.165, 1.54) is 24.3 Å². The van der Waals surface area contributed by atoms with Gasteiger partial charge in [0.15, 0.2) is 0 Å². The van der Waals surface area contributed by atoms with Crippen LogP contribution in [-0.2, 0) is 19.1 Å². The molecule has 1 unspecified atom stereocenters. The second-order valence-electron chi connectivity index (χ2n) is 11.7. The molecule has 0 aliphatic carbocycles. The van der Waals surface area contributed by atoms with Crippen LogP contribution in [-0.4, -0.2) is 113 Å². The number of β-amino-alcohol motifs (C(OH)–C–C–N with tert-alkyl or cyclic N) is 1. The van der Waals surface area contributed by atoms with Crippen LogP contribution >= 0.6 is 0 Å². The summed E-state index contributed by atoms with van der Waals surface area (Å²) < 4.78 is 71.5. The van der Waals surface area contributed by atoms with Crippen molar-refractivity contribution in [2.75, 3.05) is 32.8 Å². The molecule has 2 saturated heterocycles. The van der Waals surface area contributed by atoms with Crippen LogP contribution in [0.5, 0.6) is 0 Å². The monoisotopic (exact) mass is 648 g/mol. The fraction of sp³-hybridized carbons (Fsp3) is 0.621. The lowest BCUT2D eigenvalue weighted by Crippen LogP contribution is -2.60. The second kappa shape index (κ2) is 14.2. The number of nitrogens with zero attached hydrogens (tertiary/aromatic N) is 2. The van der Waals surface area contributed by atoms with E-state index in [2.05, 4.69) is 5.32 Å². The van der Waals surface area contributed by atoms with E-state index in [1.54, 1.807) is 18.7 Å². The number of ether oxygens (including phenoxy) is 1. The normalized spacial score (nSPS) is 20.6. The Balaban J connectivity index is 1.74. The first kappa shape index (κ1) is 35.8. The number of hydrogen-bond acceptors (Lipinski definition) is 7. The van der Waals surface area contributed by atoms with E-state index in [1.807, 2.05) is 5.32 Å². The summed E-state index contributed by atoms with van der Waals surface area (Å²) in [6.07, 6.45) is -7.83. The van der Waals surface area contributed by atoms with Crippen molar-refractivity contribution in [3.05, 3.63) is 35.4 Å². The summed E-state index contributed by atoms with van der Waals surface area (Å²) in [6, 6.07) is 0.716. The third-order valence-electron chi connectivity index (χ3n) is 7.69. The van der Waals surface area contributed by atoms with Gasteiger partial charge in [-0.15, -0.1) is 0 Å². The molecule has 2 aliphatic heterocycles. The van der Waals surface area contributed by atoms with Gasteiger partial charge in [0.1, 0.15) is 12.1 Å². The molecule has 4 atom stereocenters. The van der Waals surface area contributed by atoms with E-state index in [0.29, 0.717) is 31.9 Å². The molecule has 0 radical (unpaired) electrons. The second-order valence-corrected chi connectivity index (χ2v) is 11.7. The van der Waals surface area contributed by atoms with E-state index in [4.69, 9.17) is 4.74 Å². The predicted molar refractivity (Wildman–Crippen MR) is 148 cm³/mol. The van der Waals surface area contributed by atoms with Gasteiger partial charge in [-0.25, -0.2) is 0 Å². The molecule has 11 nitrogen and oxygen atoms in total. The Kier molecular flexibility index (Phi) is 11.3. The van der Waals surface area contributed by atoms with E-state index in [-0.39, 0.29) is 17.9 Å². The Hall–Kier alpha value is -3.66. The van der Waals surface area contributed by atoms with Crippen molar-refractivity contribution in [2.45, 2.75) is 70.4 Å². The van der Waals surface area contributed by atoms with Gasteiger partial charge >= 0.3 is 12.1 Å². The summed E-state index contributed by atoms with van der Waals surface area (Å²) in [7, 11) is 0. The molecular weight excluding hydrogens is 611 g/mol. The number of alkyl halides is 5. The highest BCUT2D eigenvalue weighted by Crippen LogP contribution is 2.37. The Morgan fingerprint density at radius 1 is 0.867 bits per heavy atom. The van der Waals surface area contributed by atoms with Crippen LogP contribution in [0, 0.1) is 11.8 Å². The summed E-state index contributed by atoms with van der Waals surface area (Å²) in [6.45, 7) is 6.82. The van der Waals surface area contributed by atoms with Crippen LogP contribution in [0.3, 0.4) is 0 Å². The Morgan fingerprint density at radius 2 is 1.40 bits per heavy atom. The highest BCUT2D eigenvalue weighted by molar-refractivity contribution is 6.01. The van der Waals surface area contributed by atoms with Crippen LogP contribution in [0.1, 0.15) is 54.8 Å². The Morgan fingerprint density at radius 3 is 1.91 bits per heavy atom. The first-order valence-corrected chi connectivity index (χ1v) is 14.4. The molecule has 0 bridgehead atoms. The van der Waals surface area contributed by atoms with Crippen molar-refractivity contribution in [3.8, 4) is 0 Å².